The van der Waals surface area contributed by atoms with Gasteiger partial charge in [-0.3, -0.25) is 4.68 Å². The van der Waals surface area contributed by atoms with Crippen molar-refractivity contribution in [1.82, 2.24) is 9.78 Å². The summed E-state index contributed by atoms with van der Waals surface area (Å²) in [5, 5.41) is 3.46. The van der Waals surface area contributed by atoms with E-state index in [-0.39, 0.29) is 0 Å². The summed E-state index contributed by atoms with van der Waals surface area (Å²) in [5.74, 6) is -0.0238. The van der Waals surface area contributed by atoms with E-state index in [0.29, 0.717) is 16.2 Å². The second-order valence-electron chi connectivity index (χ2n) is 5.76. The summed E-state index contributed by atoms with van der Waals surface area (Å²) in [6.45, 7) is 0. The van der Waals surface area contributed by atoms with Crippen LogP contribution in [0.15, 0.2) is 35.4 Å². The molecule has 8 heteroatoms. The first-order valence-electron chi connectivity index (χ1n) is 7.09. The molecule has 1 aromatic carbocycles. The van der Waals surface area contributed by atoms with Gasteiger partial charge in [-0.1, -0.05) is 24.3 Å². The average Bonchev–Trinajstić information content (AvgIpc) is 3.19. The van der Waals surface area contributed by atoms with Crippen LogP contribution in [0, 0.1) is 0 Å². The van der Waals surface area contributed by atoms with E-state index >= 15 is 0 Å². The molecule has 124 valence electrons. The molecule has 1 aromatic heterocycles. The van der Waals surface area contributed by atoms with E-state index in [4.69, 9.17) is 0 Å². The number of aryl methyl sites for hydroxylation is 1. The third-order valence-corrected chi connectivity index (χ3v) is 5.55. The first-order valence-corrected chi connectivity index (χ1v) is 8.74. The number of alkyl halides is 3. The number of halogens is 3. The van der Waals surface area contributed by atoms with E-state index in [0.717, 1.165) is 31.6 Å². The van der Waals surface area contributed by atoms with Crippen LogP contribution in [0.2, 0.25) is 0 Å². The fourth-order valence-corrected chi connectivity index (χ4v) is 4.14. The summed E-state index contributed by atoms with van der Waals surface area (Å²) < 4.78 is 64.6. The molecule has 0 aliphatic heterocycles. The van der Waals surface area contributed by atoms with Gasteiger partial charge in [0.1, 0.15) is 4.90 Å². The number of hydrogen-bond acceptors (Lipinski definition) is 3. The zero-order valence-electron chi connectivity index (χ0n) is 12.3. The van der Waals surface area contributed by atoms with Gasteiger partial charge in [-0.25, -0.2) is 8.42 Å². The van der Waals surface area contributed by atoms with E-state index in [9.17, 15) is 21.6 Å². The highest BCUT2D eigenvalue weighted by atomic mass is 32.2. The fraction of sp³-hybridized carbons (Fsp3) is 0.400. The van der Waals surface area contributed by atoms with Crippen LogP contribution < -0.4 is 0 Å². The molecule has 0 N–H and O–H groups in total. The summed E-state index contributed by atoms with van der Waals surface area (Å²) in [4.78, 5) is -0.774. The highest BCUT2D eigenvalue weighted by Crippen LogP contribution is 2.40. The molecular formula is C15H15F3N2O2S. The molecule has 1 aliphatic rings. The summed E-state index contributed by atoms with van der Waals surface area (Å²) in [6.07, 6.45) is -1.87. The maximum atomic E-state index is 13.1. The zero-order valence-corrected chi connectivity index (χ0v) is 13.2. The highest BCUT2D eigenvalue weighted by Gasteiger charge is 2.41. The molecule has 0 unspecified atom stereocenters. The van der Waals surface area contributed by atoms with Gasteiger partial charge in [0.15, 0.2) is 15.5 Å². The zero-order chi connectivity index (χ0) is 16.8. The molecular weight excluding hydrogens is 329 g/mol. The summed E-state index contributed by atoms with van der Waals surface area (Å²) in [7, 11) is -3.05. The molecule has 4 nitrogen and oxygen atoms in total. The summed E-state index contributed by atoms with van der Waals surface area (Å²) >= 11 is 0. The molecule has 0 bridgehead atoms. The first-order chi connectivity index (χ1) is 10.7. The Kier molecular flexibility index (Phi) is 3.74. The van der Waals surface area contributed by atoms with Gasteiger partial charge in [-0.05, 0) is 29.9 Å². The number of rotatable bonds is 4. The topological polar surface area (TPSA) is 52.0 Å². The van der Waals surface area contributed by atoms with Crippen molar-refractivity contribution in [3.05, 3.63) is 47.3 Å². The lowest BCUT2D eigenvalue weighted by Crippen LogP contribution is -2.17. The SMILES string of the molecule is Cn1ncc(S(=O)(=O)Cc2cccc(C3CC3)c2)c1C(F)(F)F. The van der Waals surface area contributed by atoms with Crippen LogP contribution >= 0.6 is 0 Å². The van der Waals surface area contributed by atoms with Gasteiger partial charge in [0.25, 0.3) is 0 Å². The smallest absolute Gasteiger partial charge is 0.262 e. The van der Waals surface area contributed by atoms with Crippen LogP contribution in [-0.2, 0) is 28.8 Å². The lowest BCUT2D eigenvalue weighted by atomic mass is 10.1. The Labute approximate surface area is 131 Å². The molecule has 3 rings (SSSR count). The summed E-state index contributed by atoms with van der Waals surface area (Å²) in [5.41, 5.74) is 0.294. The van der Waals surface area contributed by atoms with Gasteiger partial charge in [-0.15, -0.1) is 0 Å². The Bertz CT molecular complexity index is 837. The van der Waals surface area contributed by atoms with E-state index in [1.165, 1.54) is 0 Å². The maximum Gasteiger partial charge on any atom is 0.434 e. The highest BCUT2D eigenvalue weighted by molar-refractivity contribution is 7.90. The van der Waals surface area contributed by atoms with Gasteiger partial charge < -0.3 is 0 Å². The van der Waals surface area contributed by atoms with Crippen molar-refractivity contribution < 1.29 is 21.6 Å². The van der Waals surface area contributed by atoms with Crippen LogP contribution in [0.25, 0.3) is 0 Å². The third-order valence-electron chi connectivity index (χ3n) is 3.87. The van der Waals surface area contributed by atoms with Gasteiger partial charge in [0.05, 0.1) is 11.9 Å². The third kappa shape index (κ3) is 3.26. The molecule has 1 aliphatic carbocycles. The molecule has 0 atom stereocenters. The summed E-state index contributed by atoms with van der Waals surface area (Å²) in [6, 6.07) is 7.04. The monoisotopic (exact) mass is 344 g/mol. The normalized spacial score (nSPS) is 15.8. The molecule has 1 saturated carbocycles. The van der Waals surface area contributed by atoms with Crippen molar-refractivity contribution in [3.63, 3.8) is 0 Å². The molecule has 1 heterocycles. The Morgan fingerprint density at radius 2 is 2.00 bits per heavy atom. The predicted octanol–water partition coefficient (Wildman–Crippen LogP) is 3.29. The Morgan fingerprint density at radius 3 is 2.61 bits per heavy atom. The average molecular weight is 344 g/mol. The minimum absolute atomic E-state index is 0.446. The number of hydrogen-bond donors (Lipinski definition) is 0. The van der Waals surface area contributed by atoms with E-state index in [2.05, 4.69) is 5.10 Å². The Balaban J connectivity index is 1.95. The molecule has 0 spiro atoms. The first kappa shape index (κ1) is 16.0. The van der Waals surface area contributed by atoms with Crippen LogP contribution in [0.3, 0.4) is 0 Å². The van der Waals surface area contributed by atoms with Gasteiger partial charge >= 0.3 is 6.18 Å². The molecule has 0 amide bonds. The quantitative estimate of drug-likeness (QED) is 0.855. The molecule has 0 radical (unpaired) electrons. The minimum Gasteiger partial charge on any atom is -0.262 e. The van der Waals surface area contributed by atoms with Crippen molar-refractivity contribution in [2.24, 2.45) is 7.05 Å². The van der Waals surface area contributed by atoms with Crippen molar-refractivity contribution in [3.8, 4) is 0 Å². The van der Waals surface area contributed by atoms with E-state index in [1.807, 2.05) is 6.07 Å². The lowest BCUT2D eigenvalue weighted by Gasteiger charge is -2.11. The van der Waals surface area contributed by atoms with Crippen LogP contribution in [0.4, 0.5) is 13.2 Å². The number of benzene rings is 1. The maximum absolute atomic E-state index is 13.1. The van der Waals surface area contributed by atoms with Crippen LogP contribution in [-0.4, -0.2) is 18.2 Å². The number of sulfone groups is 1. The van der Waals surface area contributed by atoms with Crippen molar-refractivity contribution in [2.45, 2.75) is 35.6 Å². The van der Waals surface area contributed by atoms with Gasteiger partial charge in [0.2, 0.25) is 0 Å². The van der Waals surface area contributed by atoms with E-state index in [1.54, 1.807) is 18.2 Å². The molecule has 0 saturated heterocycles. The van der Waals surface area contributed by atoms with E-state index < -0.39 is 32.4 Å². The van der Waals surface area contributed by atoms with Gasteiger partial charge in [0, 0.05) is 7.05 Å². The molecule has 23 heavy (non-hydrogen) atoms. The molecule has 2 aromatic rings. The van der Waals surface area contributed by atoms with Crippen molar-refractivity contribution in [1.29, 1.82) is 0 Å². The van der Waals surface area contributed by atoms with Crippen molar-refractivity contribution >= 4 is 9.84 Å². The van der Waals surface area contributed by atoms with Gasteiger partial charge in [-0.2, -0.15) is 18.3 Å². The van der Waals surface area contributed by atoms with Crippen LogP contribution in [0.5, 0.6) is 0 Å². The largest absolute Gasteiger partial charge is 0.434 e. The van der Waals surface area contributed by atoms with Crippen molar-refractivity contribution in [2.75, 3.05) is 0 Å². The number of aromatic nitrogens is 2. The fourth-order valence-electron chi connectivity index (χ4n) is 2.62. The molecule has 1 fully saturated rings. The second-order valence-corrected chi connectivity index (χ2v) is 7.72. The minimum atomic E-state index is -4.77. The Hall–Kier alpha value is -1.83. The van der Waals surface area contributed by atoms with Crippen LogP contribution in [0.1, 0.15) is 35.6 Å². The second kappa shape index (κ2) is 5.36. The standard InChI is InChI=1S/C15H15F3N2O2S/c1-20-14(15(16,17)18)13(8-19-20)23(21,22)9-10-3-2-4-12(7-10)11-5-6-11/h2-4,7-8,11H,5-6,9H2,1H3. The lowest BCUT2D eigenvalue weighted by molar-refractivity contribution is -0.146. The number of nitrogens with zero attached hydrogens (tertiary/aromatic N) is 2. The Morgan fingerprint density at radius 1 is 1.30 bits per heavy atom. The predicted molar refractivity (Wildman–Crippen MR) is 77.5 cm³/mol.